The summed E-state index contributed by atoms with van der Waals surface area (Å²) in [5.41, 5.74) is 0.470. The molecular formula is C14H17BrO3. The van der Waals surface area contributed by atoms with Crippen LogP contribution in [0.2, 0.25) is 0 Å². The molecule has 1 saturated carbocycles. The lowest BCUT2D eigenvalue weighted by atomic mass is 9.62. The summed E-state index contributed by atoms with van der Waals surface area (Å²) in [5, 5.41) is 0. The summed E-state index contributed by atoms with van der Waals surface area (Å²) in [5.74, 6) is -0.170. The second kappa shape index (κ2) is 5.41. The molecule has 1 aromatic rings. The molecule has 0 saturated heterocycles. The number of methoxy groups -OCH3 is 1. The molecule has 0 amide bonds. The van der Waals surface area contributed by atoms with Gasteiger partial charge < -0.3 is 9.47 Å². The standard InChI is InChI=1S/C14H17BrO3/c1-3-18-12-8-14(9-12,13(16)17-2)10-5-4-6-11(15)7-10/h4-7,12H,3,8-9H2,1-2H3. The first-order valence-electron chi connectivity index (χ1n) is 6.08. The Kier molecular flexibility index (Phi) is 4.07. The third-order valence-corrected chi connectivity index (χ3v) is 4.00. The maximum Gasteiger partial charge on any atom is 0.316 e. The molecule has 0 aliphatic heterocycles. The van der Waals surface area contributed by atoms with Crippen molar-refractivity contribution in [3.05, 3.63) is 34.3 Å². The molecule has 98 valence electrons. The summed E-state index contributed by atoms with van der Waals surface area (Å²) in [6.07, 6.45) is 1.56. The van der Waals surface area contributed by atoms with E-state index >= 15 is 0 Å². The van der Waals surface area contributed by atoms with Gasteiger partial charge in [-0.2, -0.15) is 0 Å². The van der Waals surface area contributed by atoms with E-state index in [1.165, 1.54) is 7.11 Å². The Bertz CT molecular complexity index is 438. The molecule has 0 bridgehead atoms. The van der Waals surface area contributed by atoms with Crippen molar-refractivity contribution in [2.24, 2.45) is 0 Å². The molecule has 1 aromatic carbocycles. The minimum absolute atomic E-state index is 0.160. The van der Waals surface area contributed by atoms with E-state index in [0.717, 1.165) is 10.0 Å². The van der Waals surface area contributed by atoms with E-state index in [9.17, 15) is 4.79 Å². The topological polar surface area (TPSA) is 35.5 Å². The number of carbonyl (C=O) groups excluding carboxylic acids is 1. The highest BCUT2D eigenvalue weighted by molar-refractivity contribution is 9.10. The predicted molar refractivity (Wildman–Crippen MR) is 72.5 cm³/mol. The highest BCUT2D eigenvalue weighted by Crippen LogP contribution is 2.46. The Morgan fingerprint density at radius 1 is 1.50 bits per heavy atom. The van der Waals surface area contributed by atoms with Gasteiger partial charge in [0, 0.05) is 11.1 Å². The van der Waals surface area contributed by atoms with Crippen molar-refractivity contribution in [3.8, 4) is 0 Å². The third kappa shape index (κ3) is 2.31. The summed E-state index contributed by atoms with van der Waals surface area (Å²) in [4.78, 5) is 12.1. The van der Waals surface area contributed by atoms with Gasteiger partial charge in [0.05, 0.1) is 18.6 Å². The van der Waals surface area contributed by atoms with E-state index in [-0.39, 0.29) is 12.1 Å². The number of hydrogen-bond donors (Lipinski definition) is 0. The van der Waals surface area contributed by atoms with Gasteiger partial charge in [0.15, 0.2) is 0 Å². The molecule has 4 heteroatoms. The van der Waals surface area contributed by atoms with Gasteiger partial charge in [-0.3, -0.25) is 4.79 Å². The fourth-order valence-electron chi connectivity index (χ4n) is 2.57. The zero-order chi connectivity index (χ0) is 13.2. The molecule has 0 atom stereocenters. The van der Waals surface area contributed by atoms with Crippen molar-refractivity contribution >= 4 is 21.9 Å². The minimum Gasteiger partial charge on any atom is -0.468 e. The Morgan fingerprint density at radius 3 is 2.78 bits per heavy atom. The highest BCUT2D eigenvalue weighted by Gasteiger charge is 2.53. The average Bonchev–Trinajstić information content (AvgIpc) is 2.32. The Hall–Kier alpha value is -0.870. The summed E-state index contributed by atoms with van der Waals surface area (Å²) >= 11 is 3.44. The van der Waals surface area contributed by atoms with Gasteiger partial charge in [-0.05, 0) is 37.5 Å². The molecular weight excluding hydrogens is 296 g/mol. The SMILES string of the molecule is CCOC1CC(C(=O)OC)(c2cccc(Br)c2)C1. The zero-order valence-corrected chi connectivity index (χ0v) is 12.2. The Labute approximate surface area is 116 Å². The van der Waals surface area contributed by atoms with Crippen LogP contribution in [-0.2, 0) is 19.7 Å². The number of hydrogen-bond acceptors (Lipinski definition) is 3. The van der Waals surface area contributed by atoms with Gasteiger partial charge in [-0.25, -0.2) is 0 Å². The van der Waals surface area contributed by atoms with E-state index < -0.39 is 5.41 Å². The van der Waals surface area contributed by atoms with Gasteiger partial charge >= 0.3 is 5.97 Å². The third-order valence-electron chi connectivity index (χ3n) is 3.51. The van der Waals surface area contributed by atoms with Gasteiger partial charge in [-0.15, -0.1) is 0 Å². The van der Waals surface area contributed by atoms with E-state index in [4.69, 9.17) is 9.47 Å². The van der Waals surface area contributed by atoms with Crippen molar-refractivity contribution in [2.45, 2.75) is 31.3 Å². The summed E-state index contributed by atoms with van der Waals surface area (Å²) in [6.45, 7) is 2.65. The van der Waals surface area contributed by atoms with Crippen LogP contribution in [0.4, 0.5) is 0 Å². The molecule has 1 fully saturated rings. The fourth-order valence-corrected chi connectivity index (χ4v) is 2.97. The number of rotatable bonds is 4. The Balaban J connectivity index is 2.25. The molecule has 18 heavy (non-hydrogen) atoms. The lowest BCUT2D eigenvalue weighted by Gasteiger charge is -2.45. The van der Waals surface area contributed by atoms with E-state index in [1.807, 2.05) is 31.2 Å². The molecule has 0 spiro atoms. The summed E-state index contributed by atoms with van der Waals surface area (Å²) in [7, 11) is 1.44. The van der Waals surface area contributed by atoms with Crippen molar-refractivity contribution < 1.29 is 14.3 Å². The van der Waals surface area contributed by atoms with Gasteiger partial charge in [0.2, 0.25) is 0 Å². The predicted octanol–water partition coefficient (Wildman–Crippen LogP) is 3.06. The summed E-state index contributed by atoms with van der Waals surface area (Å²) in [6, 6.07) is 7.86. The first-order chi connectivity index (χ1) is 8.62. The van der Waals surface area contributed by atoms with Crippen molar-refractivity contribution in [1.82, 2.24) is 0 Å². The van der Waals surface area contributed by atoms with Crippen LogP contribution in [0.5, 0.6) is 0 Å². The largest absolute Gasteiger partial charge is 0.468 e. The van der Waals surface area contributed by atoms with Crippen molar-refractivity contribution in [2.75, 3.05) is 13.7 Å². The second-order valence-corrected chi connectivity index (χ2v) is 5.49. The van der Waals surface area contributed by atoms with E-state index in [1.54, 1.807) is 0 Å². The number of esters is 1. The smallest absolute Gasteiger partial charge is 0.316 e. The fraction of sp³-hybridized carbons (Fsp3) is 0.500. The molecule has 0 unspecified atom stereocenters. The van der Waals surface area contributed by atoms with Crippen LogP contribution in [0.3, 0.4) is 0 Å². The molecule has 3 nitrogen and oxygen atoms in total. The van der Waals surface area contributed by atoms with E-state index in [2.05, 4.69) is 15.9 Å². The average molecular weight is 313 g/mol. The molecule has 2 rings (SSSR count). The second-order valence-electron chi connectivity index (χ2n) is 4.57. The zero-order valence-electron chi connectivity index (χ0n) is 10.6. The first kappa shape index (κ1) is 13.6. The first-order valence-corrected chi connectivity index (χ1v) is 6.87. The van der Waals surface area contributed by atoms with Crippen LogP contribution in [0.25, 0.3) is 0 Å². The van der Waals surface area contributed by atoms with Gasteiger partial charge in [0.1, 0.15) is 0 Å². The monoisotopic (exact) mass is 312 g/mol. The minimum atomic E-state index is -0.529. The molecule has 0 aromatic heterocycles. The van der Waals surface area contributed by atoms with Crippen molar-refractivity contribution in [1.29, 1.82) is 0 Å². The number of carbonyl (C=O) groups is 1. The van der Waals surface area contributed by atoms with Crippen LogP contribution in [-0.4, -0.2) is 25.8 Å². The maximum atomic E-state index is 12.1. The number of halogens is 1. The normalized spacial score (nSPS) is 26.5. The van der Waals surface area contributed by atoms with Gasteiger partial charge in [-0.1, -0.05) is 28.1 Å². The van der Waals surface area contributed by atoms with Crippen molar-refractivity contribution in [3.63, 3.8) is 0 Å². The highest BCUT2D eigenvalue weighted by atomic mass is 79.9. The lowest BCUT2D eigenvalue weighted by Crippen LogP contribution is -2.52. The quantitative estimate of drug-likeness (QED) is 0.802. The van der Waals surface area contributed by atoms with Gasteiger partial charge in [0.25, 0.3) is 0 Å². The molecule has 0 heterocycles. The number of benzene rings is 1. The Morgan fingerprint density at radius 2 is 2.22 bits per heavy atom. The van der Waals surface area contributed by atoms with E-state index in [0.29, 0.717) is 19.4 Å². The van der Waals surface area contributed by atoms with Crippen LogP contribution < -0.4 is 0 Å². The van der Waals surface area contributed by atoms with Crippen LogP contribution in [0, 0.1) is 0 Å². The van der Waals surface area contributed by atoms with Crippen LogP contribution >= 0.6 is 15.9 Å². The lowest BCUT2D eigenvalue weighted by molar-refractivity contribution is -0.159. The van der Waals surface area contributed by atoms with Crippen LogP contribution in [0.15, 0.2) is 28.7 Å². The molecule has 0 N–H and O–H groups in total. The molecule has 1 aliphatic rings. The number of ether oxygens (including phenoxy) is 2. The molecule has 0 radical (unpaired) electrons. The van der Waals surface area contributed by atoms with Crippen LogP contribution in [0.1, 0.15) is 25.3 Å². The molecule has 1 aliphatic carbocycles. The summed E-state index contributed by atoms with van der Waals surface area (Å²) < 4.78 is 11.5. The maximum absolute atomic E-state index is 12.1.